The first-order valence-electron chi connectivity index (χ1n) is 6.45. The molecule has 0 saturated carbocycles. The lowest BCUT2D eigenvalue weighted by atomic mass is 10.1. The summed E-state index contributed by atoms with van der Waals surface area (Å²) in [5, 5.41) is 9.25. The molecule has 9 heteroatoms. The van der Waals surface area contributed by atoms with Crippen LogP contribution in [0.25, 0.3) is 0 Å². The van der Waals surface area contributed by atoms with E-state index < -0.39 is 41.6 Å². The molecule has 2 unspecified atom stereocenters. The predicted molar refractivity (Wildman–Crippen MR) is 71.2 cm³/mol. The van der Waals surface area contributed by atoms with Crippen molar-refractivity contribution in [2.24, 2.45) is 0 Å². The SMILES string of the molecule is CC1(C)OC2C(O1)[C@@H](CO)O[C@H]2n1cc(Cl)c(=O)[nH]c1=O. The Morgan fingerprint density at radius 1 is 1.38 bits per heavy atom. The van der Waals surface area contributed by atoms with Crippen LogP contribution in [0.2, 0.25) is 5.02 Å². The highest BCUT2D eigenvalue weighted by Gasteiger charge is 2.55. The van der Waals surface area contributed by atoms with Crippen molar-refractivity contribution in [3.63, 3.8) is 0 Å². The van der Waals surface area contributed by atoms with Crippen LogP contribution in [0.5, 0.6) is 0 Å². The number of H-pyrrole nitrogens is 1. The Morgan fingerprint density at radius 3 is 2.71 bits per heavy atom. The van der Waals surface area contributed by atoms with Gasteiger partial charge < -0.3 is 19.3 Å². The first-order valence-corrected chi connectivity index (χ1v) is 6.83. The van der Waals surface area contributed by atoms with E-state index in [9.17, 15) is 14.7 Å². The molecule has 0 amide bonds. The molecule has 2 saturated heterocycles. The van der Waals surface area contributed by atoms with E-state index in [1.807, 2.05) is 0 Å². The molecule has 1 aromatic heterocycles. The van der Waals surface area contributed by atoms with E-state index in [1.165, 1.54) is 6.20 Å². The number of rotatable bonds is 2. The normalized spacial score (nSPS) is 34.1. The van der Waals surface area contributed by atoms with Crippen molar-refractivity contribution in [3.8, 4) is 0 Å². The van der Waals surface area contributed by atoms with E-state index in [-0.39, 0.29) is 11.6 Å². The van der Waals surface area contributed by atoms with E-state index in [1.54, 1.807) is 13.8 Å². The van der Waals surface area contributed by atoms with Gasteiger partial charge in [-0.05, 0) is 13.8 Å². The van der Waals surface area contributed by atoms with Crippen molar-refractivity contribution in [3.05, 3.63) is 32.1 Å². The second-order valence-corrected chi connectivity index (χ2v) is 5.86. The number of nitrogens with zero attached hydrogens (tertiary/aromatic N) is 1. The highest BCUT2D eigenvalue weighted by atomic mass is 35.5. The number of aliphatic hydroxyl groups is 1. The molecule has 8 nitrogen and oxygen atoms in total. The molecule has 3 rings (SSSR count). The van der Waals surface area contributed by atoms with Crippen molar-refractivity contribution in [1.29, 1.82) is 0 Å². The van der Waals surface area contributed by atoms with Crippen LogP contribution >= 0.6 is 11.6 Å². The molecule has 0 aliphatic carbocycles. The molecule has 2 N–H and O–H groups in total. The fourth-order valence-corrected chi connectivity index (χ4v) is 2.83. The van der Waals surface area contributed by atoms with Crippen molar-refractivity contribution in [2.45, 2.75) is 44.2 Å². The van der Waals surface area contributed by atoms with E-state index in [0.717, 1.165) is 4.57 Å². The zero-order chi connectivity index (χ0) is 15.4. The molecule has 0 bridgehead atoms. The Kier molecular flexibility index (Phi) is 3.45. The lowest BCUT2D eigenvalue weighted by Gasteiger charge is -2.24. The maximum absolute atomic E-state index is 11.9. The summed E-state index contributed by atoms with van der Waals surface area (Å²) in [6, 6.07) is 0. The highest BCUT2D eigenvalue weighted by molar-refractivity contribution is 6.30. The second kappa shape index (κ2) is 4.92. The number of aromatic nitrogens is 2. The van der Waals surface area contributed by atoms with Crippen LogP contribution in [0.15, 0.2) is 15.8 Å². The van der Waals surface area contributed by atoms with Crippen molar-refractivity contribution < 1.29 is 19.3 Å². The topological polar surface area (TPSA) is 103 Å². The van der Waals surface area contributed by atoms with Gasteiger partial charge in [-0.1, -0.05) is 11.6 Å². The number of aromatic amines is 1. The zero-order valence-corrected chi connectivity index (χ0v) is 12.2. The molecule has 2 fully saturated rings. The first-order chi connectivity index (χ1) is 9.82. The third-order valence-corrected chi connectivity index (χ3v) is 3.77. The zero-order valence-electron chi connectivity index (χ0n) is 11.4. The highest BCUT2D eigenvalue weighted by Crippen LogP contribution is 2.42. The lowest BCUT2D eigenvalue weighted by Crippen LogP contribution is -2.37. The minimum absolute atomic E-state index is 0.139. The summed E-state index contributed by atoms with van der Waals surface area (Å²) in [5.74, 6) is -0.847. The van der Waals surface area contributed by atoms with Gasteiger partial charge in [-0.2, -0.15) is 0 Å². The van der Waals surface area contributed by atoms with Crippen LogP contribution < -0.4 is 11.2 Å². The first kappa shape index (κ1) is 14.7. The number of fused-ring (bicyclic) bond motifs is 1. The summed E-state index contributed by atoms with van der Waals surface area (Å²) >= 11 is 5.75. The van der Waals surface area contributed by atoms with Crippen molar-refractivity contribution >= 4 is 11.6 Å². The van der Waals surface area contributed by atoms with Gasteiger partial charge in [0.05, 0.1) is 6.61 Å². The summed E-state index contributed by atoms with van der Waals surface area (Å²) in [5.41, 5.74) is -1.34. The quantitative estimate of drug-likeness (QED) is 0.769. The molecular weight excluding hydrogens is 304 g/mol. The summed E-state index contributed by atoms with van der Waals surface area (Å²) in [6.07, 6.45) is -1.36. The van der Waals surface area contributed by atoms with Gasteiger partial charge >= 0.3 is 5.69 Å². The summed E-state index contributed by atoms with van der Waals surface area (Å²) in [4.78, 5) is 25.4. The second-order valence-electron chi connectivity index (χ2n) is 5.46. The average Bonchev–Trinajstić information content (AvgIpc) is 2.87. The predicted octanol–water partition coefficient (Wildman–Crippen LogP) is -0.400. The van der Waals surface area contributed by atoms with Crippen LogP contribution in [-0.4, -0.2) is 45.4 Å². The fraction of sp³-hybridized carbons (Fsp3) is 0.667. The summed E-state index contributed by atoms with van der Waals surface area (Å²) < 4.78 is 18.2. The molecule has 2 aliphatic heterocycles. The average molecular weight is 319 g/mol. The Balaban J connectivity index is 2.01. The van der Waals surface area contributed by atoms with Gasteiger partial charge in [-0.3, -0.25) is 14.3 Å². The maximum Gasteiger partial charge on any atom is 0.330 e. The van der Waals surface area contributed by atoms with Crippen LogP contribution in [0, 0.1) is 0 Å². The van der Waals surface area contributed by atoms with Gasteiger partial charge in [0.25, 0.3) is 5.56 Å². The van der Waals surface area contributed by atoms with Gasteiger partial charge in [0, 0.05) is 6.20 Å². The molecule has 4 atom stereocenters. The van der Waals surface area contributed by atoms with Crippen molar-refractivity contribution in [2.75, 3.05) is 6.61 Å². The Morgan fingerprint density at radius 2 is 2.05 bits per heavy atom. The molecule has 3 heterocycles. The van der Waals surface area contributed by atoms with Crippen LogP contribution in [0.1, 0.15) is 20.1 Å². The molecule has 1 aromatic rings. The van der Waals surface area contributed by atoms with Crippen molar-refractivity contribution in [1.82, 2.24) is 9.55 Å². The largest absolute Gasteiger partial charge is 0.394 e. The molecule has 2 aliphatic rings. The molecule has 0 aromatic carbocycles. The third kappa shape index (κ3) is 2.43. The number of hydrogen-bond acceptors (Lipinski definition) is 6. The van der Waals surface area contributed by atoms with E-state index in [0.29, 0.717) is 0 Å². The van der Waals surface area contributed by atoms with Crippen LogP contribution in [0.3, 0.4) is 0 Å². The molecule has 0 spiro atoms. The number of hydrogen-bond donors (Lipinski definition) is 2. The standard InChI is InChI=1S/C12H15ClN2O6/c1-12(2)20-7-6(4-16)19-10(8(7)21-12)15-3-5(13)9(17)14-11(15)18/h3,6-8,10,16H,4H2,1-2H3,(H,14,17,18)/t6-,7?,8?,10-/m1/s1. The Hall–Kier alpha value is -1.19. The molecular formula is C12H15ClN2O6. The molecule has 21 heavy (non-hydrogen) atoms. The fourth-order valence-electron chi connectivity index (χ4n) is 2.68. The van der Waals surface area contributed by atoms with E-state index in [2.05, 4.69) is 4.98 Å². The molecule has 0 radical (unpaired) electrons. The van der Waals surface area contributed by atoms with Gasteiger partial charge in [0.15, 0.2) is 12.0 Å². The Labute approximate surface area is 124 Å². The van der Waals surface area contributed by atoms with Crippen LogP contribution in [0.4, 0.5) is 0 Å². The number of nitrogens with one attached hydrogen (secondary N) is 1. The number of halogens is 1. The maximum atomic E-state index is 11.9. The molecule has 116 valence electrons. The minimum atomic E-state index is -0.847. The number of aliphatic hydroxyl groups excluding tert-OH is 1. The van der Waals surface area contributed by atoms with Gasteiger partial charge in [-0.25, -0.2) is 4.79 Å². The minimum Gasteiger partial charge on any atom is -0.394 e. The summed E-state index contributed by atoms with van der Waals surface area (Å²) in [6.45, 7) is 3.20. The third-order valence-electron chi connectivity index (χ3n) is 3.50. The van der Waals surface area contributed by atoms with Gasteiger partial charge in [0.2, 0.25) is 0 Å². The van der Waals surface area contributed by atoms with E-state index in [4.69, 9.17) is 25.8 Å². The smallest absolute Gasteiger partial charge is 0.330 e. The Bertz CT molecular complexity index is 668. The summed E-state index contributed by atoms with van der Waals surface area (Å²) in [7, 11) is 0. The lowest BCUT2D eigenvalue weighted by molar-refractivity contribution is -0.200. The van der Waals surface area contributed by atoms with Gasteiger partial charge in [-0.15, -0.1) is 0 Å². The van der Waals surface area contributed by atoms with Gasteiger partial charge in [0.1, 0.15) is 23.3 Å². The monoisotopic (exact) mass is 318 g/mol. The van der Waals surface area contributed by atoms with Crippen LogP contribution in [-0.2, 0) is 14.2 Å². The van der Waals surface area contributed by atoms with E-state index >= 15 is 0 Å². The number of ether oxygens (including phenoxy) is 3.